The molecule has 0 aromatic carbocycles. The third kappa shape index (κ3) is 8.41. The molecular formula is C10H15N3O4S. The van der Waals surface area contributed by atoms with Crippen molar-refractivity contribution in [3.05, 3.63) is 0 Å². The maximum absolute atomic E-state index is 11.2. The smallest absolute Gasteiger partial charge is 0.327 e. The molecule has 0 aromatic rings. The van der Waals surface area contributed by atoms with E-state index in [2.05, 4.69) is 10.6 Å². The van der Waals surface area contributed by atoms with E-state index in [0.717, 1.165) is 11.8 Å². The van der Waals surface area contributed by atoms with Gasteiger partial charge in [-0.25, -0.2) is 4.79 Å². The van der Waals surface area contributed by atoms with E-state index in [-0.39, 0.29) is 30.4 Å². The van der Waals surface area contributed by atoms with Gasteiger partial charge in [0.1, 0.15) is 6.04 Å². The minimum Gasteiger partial charge on any atom is -0.480 e. The molecule has 0 aliphatic carbocycles. The highest BCUT2D eigenvalue weighted by Gasteiger charge is 2.18. The van der Waals surface area contributed by atoms with E-state index >= 15 is 0 Å². The fourth-order valence-electron chi connectivity index (χ4n) is 0.998. The lowest BCUT2D eigenvalue weighted by atomic mass is 10.3. The fraction of sp³-hybridized carbons (Fsp3) is 0.600. The Morgan fingerprint density at radius 2 is 2.11 bits per heavy atom. The highest BCUT2D eigenvalue weighted by Crippen LogP contribution is 2.03. The van der Waals surface area contributed by atoms with Crippen molar-refractivity contribution in [2.24, 2.45) is 0 Å². The van der Waals surface area contributed by atoms with Gasteiger partial charge in [0.25, 0.3) is 0 Å². The number of nitrogens with zero attached hydrogens (tertiary/aromatic N) is 1. The van der Waals surface area contributed by atoms with Gasteiger partial charge in [-0.2, -0.15) is 5.26 Å². The average molecular weight is 273 g/mol. The van der Waals surface area contributed by atoms with Crippen LogP contribution in [0, 0.1) is 11.3 Å². The summed E-state index contributed by atoms with van der Waals surface area (Å²) in [6.45, 7) is 1.51. The summed E-state index contributed by atoms with van der Waals surface area (Å²) >= 11 is 1.11. The van der Waals surface area contributed by atoms with Gasteiger partial charge >= 0.3 is 5.97 Å². The number of thioether (sulfide) groups is 1. The number of amides is 2. The molecule has 3 N–H and O–H groups in total. The van der Waals surface area contributed by atoms with Gasteiger partial charge in [0, 0.05) is 19.2 Å². The third-order valence-electron chi connectivity index (χ3n) is 1.75. The van der Waals surface area contributed by atoms with Gasteiger partial charge in [-0.05, 0) is 0 Å². The minimum absolute atomic E-state index is 0.0921. The van der Waals surface area contributed by atoms with Crippen molar-refractivity contribution in [1.82, 2.24) is 10.6 Å². The number of nitrogens with one attached hydrogen (secondary N) is 2. The average Bonchev–Trinajstić information content (AvgIpc) is 2.27. The van der Waals surface area contributed by atoms with Crippen LogP contribution in [0.1, 0.15) is 13.3 Å². The van der Waals surface area contributed by atoms with Gasteiger partial charge in [-0.3, -0.25) is 9.59 Å². The van der Waals surface area contributed by atoms with Crippen LogP contribution < -0.4 is 10.6 Å². The van der Waals surface area contributed by atoms with Crippen molar-refractivity contribution in [3.8, 4) is 6.07 Å². The second kappa shape index (κ2) is 9.30. The number of hydrogen-bond donors (Lipinski definition) is 3. The summed E-state index contributed by atoms with van der Waals surface area (Å²) in [5.74, 6) is -1.62. The first kappa shape index (κ1) is 16.2. The van der Waals surface area contributed by atoms with Gasteiger partial charge in [-0.15, -0.1) is 11.8 Å². The summed E-state index contributed by atoms with van der Waals surface area (Å²) in [6.07, 6.45) is 0.236. The predicted octanol–water partition coefficient (Wildman–Crippen LogP) is -0.661. The molecule has 2 amide bonds. The molecular weight excluding hydrogens is 258 g/mol. The van der Waals surface area contributed by atoms with Crippen molar-refractivity contribution in [2.45, 2.75) is 19.4 Å². The molecule has 0 aliphatic heterocycles. The van der Waals surface area contributed by atoms with Crippen molar-refractivity contribution < 1.29 is 19.5 Å². The Hall–Kier alpha value is -1.75. The molecule has 7 nitrogen and oxygen atoms in total. The van der Waals surface area contributed by atoms with Gasteiger partial charge < -0.3 is 15.7 Å². The second-order valence-corrected chi connectivity index (χ2v) is 4.39. The number of aliphatic carboxylic acids is 1. The lowest BCUT2D eigenvalue weighted by Gasteiger charge is -2.12. The minimum atomic E-state index is -1.14. The summed E-state index contributed by atoms with van der Waals surface area (Å²) in [7, 11) is 0. The van der Waals surface area contributed by atoms with Crippen LogP contribution in [-0.4, -0.2) is 47.0 Å². The Labute approximate surface area is 109 Å². The largest absolute Gasteiger partial charge is 0.480 e. The third-order valence-corrected chi connectivity index (χ3v) is 2.79. The summed E-state index contributed by atoms with van der Waals surface area (Å²) < 4.78 is 0. The van der Waals surface area contributed by atoms with E-state index in [1.807, 2.05) is 6.07 Å². The topological polar surface area (TPSA) is 119 Å². The van der Waals surface area contributed by atoms with Crippen LogP contribution in [0.25, 0.3) is 0 Å². The summed E-state index contributed by atoms with van der Waals surface area (Å²) in [5, 5.41) is 21.8. The Bertz CT molecular complexity index is 354. The number of carboxylic acids is 1. The fourth-order valence-corrected chi connectivity index (χ4v) is 1.87. The van der Waals surface area contributed by atoms with Crippen molar-refractivity contribution >= 4 is 29.5 Å². The zero-order valence-electron chi connectivity index (χ0n) is 9.93. The molecule has 0 aromatic heterocycles. The predicted molar refractivity (Wildman–Crippen MR) is 65.8 cm³/mol. The van der Waals surface area contributed by atoms with Crippen molar-refractivity contribution in [2.75, 3.05) is 18.1 Å². The van der Waals surface area contributed by atoms with Gasteiger partial charge in [-0.1, -0.05) is 0 Å². The molecule has 0 rings (SSSR count). The van der Waals surface area contributed by atoms with Crippen LogP contribution in [0.5, 0.6) is 0 Å². The van der Waals surface area contributed by atoms with Crippen LogP contribution >= 0.6 is 11.8 Å². The van der Waals surface area contributed by atoms with Crippen molar-refractivity contribution in [3.63, 3.8) is 0 Å². The SMILES string of the molecule is CC(=O)NC(CSCC(=O)NCCC#N)C(=O)O. The van der Waals surface area contributed by atoms with E-state index in [1.165, 1.54) is 6.92 Å². The quantitative estimate of drug-likeness (QED) is 0.505. The summed E-state index contributed by atoms with van der Waals surface area (Å²) in [4.78, 5) is 32.7. The monoisotopic (exact) mass is 273 g/mol. The number of carbonyl (C=O) groups is 3. The number of rotatable bonds is 8. The second-order valence-electron chi connectivity index (χ2n) is 3.36. The highest BCUT2D eigenvalue weighted by molar-refractivity contribution is 8.00. The molecule has 1 unspecified atom stereocenters. The van der Waals surface area contributed by atoms with E-state index in [4.69, 9.17) is 10.4 Å². The first-order valence-electron chi connectivity index (χ1n) is 5.18. The number of nitriles is 1. The number of carboxylic acid groups (broad SMARTS) is 1. The Morgan fingerprint density at radius 3 is 2.61 bits per heavy atom. The lowest BCUT2D eigenvalue weighted by Crippen LogP contribution is -2.41. The van der Waals surface area contributed by atoms with Crippen molar-refractivity contribution in [1.29, 1.82) is 5.26 Å². The molecule has 1 atom stereocenters. The van der Waals surface area contributed by atoms with Crippen LogP contribution in [0.15, 0.2) is 0 Å². The molecule has 0 bridgehead atoms. The first-order chi connectivity index (χ1) is 8.47. The molecule has 100 valence electrons. The Morgan fingerprint density at radius 1 is 1.44 bits per heavy atom. The molecule has 0 fully saturated rings. The molecule has 0 saturated heterocycles. The molecule has 0 aliphatic rings. The molecule has 0 heterocycles. The lowest BCUT2D eigenvalue weighted by molar-refractivity contribution is -0.140. The molecule has 8 heteroatoms. The van der Waals surface area contributed by atoms with E-state index in [1.54, 1.807) is 0 Å². The normalized spacial score (nSPS) is 11.1. The molecule has 0 saturated carbocycles. The highest BCUT2D eigenvalue weighted by atomic mass is 32.2. The van der Waals surface area contributed by atoms with Crippen LogP contribution in [0.2, 0.25) is 0 Å². The van der Waals surface area contributed by atoms with E-state index in [0.29, 0.717) is 0 Å². The summed E-state index contributed by atoms with van der Waals surface area (Å²) in [6, 6.07) is 0.887. The van der Waals surface area contributed by atoms with Crippen LogP contribution in [0.3, 0.4) is 0 Å². The molecule has 0 spiro atoms. The zero-order chi connectivity index (χ0) is 14.0. The summed E-state index contributed by atoms with van der Waals surface area (Å²) in [5.41, 5.74) is 0. The standard InChI is InChI=1S/C10H15N3O4S/c1-7(14)13-8(10(16)17)5-18-6-9(15)12-4-2-3-11/h8H,2,4-6H2,1H3,(H,12,15)(H,13,14)(H,16,17). The zero-order valence-corrected chi connectivity index (χ0v) is 10.7. The van der Waals surface area contributed by atoms with Crippen LogP contribution in [0.4, 0.5) is 0 Å². The maximum Gasteiger partial charge on any atom is 0.327 e. The van der Waals surface area contributed by atoms with E-state index in [9.17, 15) is 14.4 Å². The first-order valence-corrected chi connectivity index (χ1v) is 6.34. The molecule has 0 radical (unpaired) electrons. The van der Waals surface area contributed by atoms with Crippen LogP contribution in [-0.2, 0) is 14.4 Å². The van der Waals surface area contributed by atoms with E-state index < -0.39 is 17.9 Å². The van der Waals surface area contributed by atoms with Gasteiger partial charge in [0.05, 0.1) is 18.2 Å². The Balaban J connectivity index is 3.85. The number of carbonyl (C=O) groups excluding carboxylic acids is 2. The maximum atomic E-state index is 11.2. The Kier molecular flexibility index (Phi) is 8.39. The van der Waals surface area contributed by atoms with Gasteiger partial charge in [0.15, 0.2) is 0 Å². The number of hydrogen-bond acceptors (Lipinski definition) is 5. The van der Waals surface area contributed by atoms with Gasteiger partial charge in [0.2, 0.25) is 11.8 Å². The molecule has 18 heavy (non-hydrogen) atoms.